The summed E-state index contributed by atoms with van der Waals surface area (Å²) in [5.41, 5.74) is 0.627. The number of hydrogen-bond donors (Lipinski definition) is 1. The van der Waals surface area contributed by atoms with Crippen molar-refractivity contribution in [2.45, 2.75) is 19.0 Å². The minimum Gasteiger partial charge on any atom is -0.481 e. The van der Waals surface area contributed by atoms with Crippen LogP contribution in [0.2, 0.25) is 0 Å². The fourth-order valence-electron chi connectivity index (χ4n) is 2.37. The van der Waals surface area contributed by atoms with Crippen LogP contribution in [0, 0.1) is 6.92 Å². The summed E-state index contributed by atoms with van der Waals surface area (Å²) in [6.07, 6.45) is 1.61. The Morgan fingerprint density at radius 3 is 3.05 bits per heavy atom. The molecule has 3 rings (SSSR count). The Kier molecular flexibility index (Phi) is 4.01. The Balaban J connectivity index is 1.84. The molecule has 22 heavy (non-hydrogen) atoms. The maximum absolute atomic E-state index is 12.0. The zero-order chi connectivity index (χ0) is 15.5. The maximum Gasteiger partial charge on any atom is 0.267 e. The molecule has 2 unspecified atom stereocenters. The molecule has 2 atom stereocenters. The number of nitrogens with zero attached hydrogens (tertiary/aromatic N) is 4. The SMILES string of the molecule is COc1ccnc(NC2COCC2n2nc(C)ccc2=O)n1. The van der Waals surface area contributed by atoms with E-state index in [0.29, 0.717) is 25.0 Å². The molecule has 0 amide bonds. The minimum atomic E-state index is -0.206. The molecule has 0 radical (unpaired) electrons. The largest absolute Gasteiger partial charge is 0.481 e. The Morgan fingerprint density at radius 1 is 1.36 bits per heavy atom. The summed E-state index contributed by atoms with van der Waals surface area (Å²) in [5, 5.41) is 7.48. The first-order valence-corrected chi connectivity index (χ1v) is 6.95. The highest BCUT2D eigenvalue weighted by Gasteiger charge is 2.32. The molecule has 1 aliphatic heterocycles. The van der Waals surface area contributed by atoms with Gasteiger partial charge in [-0.05, 0) is 13.0 Å². The van der Waals surface area contributed by atoms with E-state index in [4.69, 9.17) is 9.47 Å². The van der Waals surface area contributed by atoms with E-state index >= 15 is 0 Å². The zero-order valence-corrected chi connectivity index (χ0v) is 12.4. The third-order valence-electron chi connectivity index (χ3n) is 3.48. The van der Waals surface area contributed by atoms with Gasteiger partial charge in [0.25, 0.3) is 5.56 Å². The van der Waals surface area contributed by atoms with Gasteiger partial charge in [0.05, 0.1) is 32.1 Å². The monoisotopic (exact) mass is 303 g/mol. The summed E-state index contributed by atoms with van der Waals surface area (Å²) in [6, 6.07) is 4.53. The third kappa shape index (κ3) is 2.91. The van der Waals surface area contributed by atoms with Crippen molar-refractivity contribution in [3.63, 3.8) is 0 Å². The van der Waals surface area contributed by atoms with Crippen molar-refractivity contribution in [2.24, 2.45) is 0 Å². The normalized spacial score (nSPS) is 20.8. The van der Waals surface area contributed by atoms with E-state index in [-0.39, 0.29) is 17.6 Å². The van der Waals surface area contributed by atoms with E-state index in [1.165, 1.54) is 10.7 Å². The van der Waals surface area contributed by atoms with Crippen molar-refractivity contribution in [3.8, 4) is 5.88 Å². The molecule has 8 heteroatoms. The molecule has 0 spiro atoms. The fourth-order valence-corrected chi connectivity index (χ4v) is 2.37. The van der Waals surface area contributed by atoms with Crippen LogP contribution in [0.1, 0.15) is 11.7 Å². The Bertz CT molecular complexity index is 718. The van der Waals surface area contributed by atoms with Crippen LogP contribution in [-0.4, -0.2) is 46.1 Å². The highest BCUT2D eigenvalue weighted by atomic mass is 16.5. The number of nitrogens with one attached hydrogen (secondary N) is 1. The molecular weight excluding hydrogens is 286 g/mol. The maximum atomic E-state index is 12.0. The second kappa shape index (κ2) is 6.10. The van der Waals surface area contributed by atoms with Gasteiger partial charge in [0.2, 0.25) is 11.8 Å². The van der Waals surface area contributed by atoms with E-state index in [0.717, 1.165) is 5.69 Å². The third-order valence-corrected chi connectivity index (χ3v) is 3.48. The Hall–Kier alpha value is -2.48. The molecule has 0 aromatic carbocycles. The second-order valence-corrected chi connectivity index (χ2v) is 5.04. The van der Waals surface area contributed by atoms with E-state index in [9.17, 15) is 4.79 Å². The number of aromatic nitrogens is 4. The zero-order valence-electron chi connectivity index (χ0n) is 12.4. The van der Waals surface area contributed by atoms with Gasteiger partial charge in [0.15, 0.2) is 0 Å². The Labute approximate surface area is 127 Å². The lowest BCUT2D eigenvalue weighted by atomic mass is 10.2. The van der Waals surface area contributed by atoms with Crippen LogP contribution in [0.4, 0.5) is 5.95 Å². The molecule has 0 bridgehead atoms. The van der Waals surface area contributed by atoms with Crippen molar-refractivity contribution >= 4 is 5.95 Å². The first-order valence-electron chi connectivity index (χ1n) is 6.95. The van der Waals surface area contributed by atoms with E-state index in [2.05, 4.69) is 20.4 Å². The predicted molar refractivity (Wildman–Crippen MR) is 79.1 cm³/mol. The number of rotatable bonds is 4. The number of methoxy groups -OCH3 is 1. The van der Waals surface area contributed by atoms with Crippen LogP contribution >= 0.6 is 0 Å². The van der Waals surface area contributed by atoms with Crippen LogP contribution in [0.3, 0.4) is 0 Å². The molecular formula is C14H17N5O3. The molecule has 1 N–H and O–H groups in total. The predicted octanol–water partition coefficient (Wildman–Crippen LogP) is 0.402. The fraction of sp³-hybridized carbons (Fsp3) is 0.429. The first-order chi connectivity index (χ1) is 10.7. The lowest BCUT2D eigenvalue weighted by Crippen LogP contribution is -2.37. The van der Waals surface area contributed by atoms with Gasteiger partial charge in [0, 0.05) is 18.3 Å². The van der Waals surface area contributed by atoms with Crippen LogP contribution in [0.5, 0.6) is 5.88 Å². The van der Waals surface area contributed by atoms with Crippen LogP contribution in [0.25, 0.3) is 0 Å². The van der Waals surface area contributed by atoms with Gasteiger partial charge in [-0.2, -0.15) is 10.1 Å². The van der Waals surface area contributed by atoms with Gasteiger partial charge >= 0.3 is 0 Å². The topological polar surface area (TPSA) is 91.2 Å². The molecule has 2 aromatic heterocycles. The molecule has 1 aliphatic rings. The smallest absolute Gasteiger partial charge is 0.267 e. The molecule has 0 saturated carbocycles. The summed E-state index contributed by atoms with van der Waals surface area (Å²) < 4.78 is 12.0. The van der Waals surface area contributed by atoms with Crippen molar-refractivity contribution < 1.29 is 9.47 Å². The van der Waals surface area contributed by atoms with Crippen molar-refractivity contribution in [3.05, 3.63) is 40.4 Å². The summed E-state index contributed by atoms with van der Waals surface area (Å²) >= 11 is 0. The van der Waals surface area contributed by atoms with Crippen molar-refractivity contribution in [1.29, 1.82) is 0 Å². The highest BCUT2D eigenvalue weighted by Crippen LogP contribution is 2.21. The number of hydrogen-bond acceptors (Lipinski definition) is 7. The lowest BCUT2D eigenvalue weighted by Gasteiger charge is -2.20. The average molecular weight is 303 g/mol. The van der Waals surface area contributed by atoms with Crippen molar-refractivity contribution in [2.75, 3.05) is 25.6 Å². The van der Waals surface area contributed by atoms with Gasteiger partial charge in [-0.1, -0.05) is 0 Å². The summed E-state index contributed by atoms with van der Waals surface area (Å²) in [4.78, 5) is 20.4. The summed E-state index contributed by atoms with van der Waals surface area (Å²) in [6.45, 7) is 2.71. The molecule has 0 aliphatic carbocycles. The van der Waals surface area contributed by atoms with Crippen molar-refractivity contribution in [1.82, 2.24) is 19.7 Å². The standard InChI is InChI=1S/C14H17N5O3/c1-9-3-4-13(20)19(18-9)11-8-22-7-10(11)16-14-15-6-5-12(17-14)21-2/h3-6,10-11H,7-8H2,1-2H3,(H,15,16,17). The molecule has 8 nitrogen and oxygen atoms in total. The Morgan fingerprint density at radius 2 is 2.23 bits per heavy atom. The summed E-state index contributed by atoms with van der Waals surface area (Å²) in [7, 11) is 1.55. The minimum absolute atomic E-state index is 0.140. The number of anilines is 1. The van der Waals surface area contributed by atoms with Gasteiger partial charge in [-0.15, -0.1) is 0 Å². The van der Waals surface area contributed by atoms with E-state index in [1.807, 2.05) is 6.92 Å². The highest BCUT2D eigenvalue weighted by molar-refractivity contribution is 5.30. The van der Waals surface area contributed by atoms with E-state index < -0.39 is 0 Å². The van der Waals surface area contributed by atoms with Gasteiger partial charge < -0.3 is 14.8 Å². The molecule has 1 saturated heterocycles. The number of ether oxygens (including phenoxy) is 2. The van der Waals surface area contributed by atoms with Crippen LogP contribution < -0.4 is 15.6 Å². The summed E-state index contributed by atoms with van der Waals surface area (Å²) in [5.74, 6) is 0.902. The number of aryl methyl sites for hydroxylation is 1. The van der Waals surface area contributed by atoms with Crippen LogP contribution in [0.15, 0.2) is 29.2 Å². The quantitative estimate of drug-likeness (QED) is 0.874. The average Bonchev–Trinajstić information content (AvgIpc) is 2.98. The molecule has 2 aromatic rings. The lowest BCUT2D eigenvalue weighted by molar-refractivity contribution is 0.182. The first kappa shape index (κ1) is 14.5. The van der Waals surface area contributed by atoms with E-state index in [1.54, 1.807) is 25.4 Å². The van der Waals surface area contributed by atoms with Gasteiger partial charge in [-0.3, -0.25) is 4.79 Å². The second-order valence-electron chi connectivity index (χ2n) is 5.04. The van der Waals surface area contributed by atoms with Gasteiger partial charge in [-0.25, -0.2) is 9.67 Å². The molecule has 3 heterocycles. The molecule has 1 fully saturated rings. The van der Waals surface area contributed by atoms with Crippen LogP contribution in [-0.2, 0) is 4.74 Å². The van der Waals surface area contributed by atoms with Gasteiger partial charge in [0.1, 0.15) is 6.04 Å². The molecule has 116 valence electrons.